The molecule has 0 fully saturated rings. The number of hydrogen-bond donors (Lipinski definition) is 0. The van der Waals surface area contributed by atoms with Crippen LogP contribution in [0.25, 0.3) is 0 Å². The fourth-order valence-electron chi connectivity index (χ4n) is 1.18. The topological polar surface area (TPSA) is 3.24 Å². The van der Waals surface area contributed by atoms with Gasteiger partial charge in [0.2, 0.25) is 0 Å². The Labute approximate surface area is 93.7 Å². The molecule has 68 valence electrons. The van der Waals surface area contributed by atoms with Crippen LogP contribution in [-0.2, 0) is 0 Å². The first kappa shape index (κ1) is 12.6. The molecule has 0 amide bonds. The molecule has 0 atom stereocenters. The Bertz CT molecular complexity index is 113. The van der Waals surface area contributed by atoms with Crippen LogP contribution >= 0.6 is 45.9 Å². The summed E-state index contributed by atoms with van der Waals surface area (Å²) in [6.45, 7) is 8.80. The van der Waals surface area contributed by atoms with Gasteiger partial charge in [0, 0.05) is 0 Å². The minimum Gasteiger partial charge on any atom is -0.294 e. The van der Waals surface area contributed by atoms with Gasteiger partial charge in [-0.15, -0.1) is 0 Å². The van der Waals surface area contributed by atoms with E-state index in [9.17, 15) is 0 Å². The lowest BCUT2D eigenvalue weighted by Crippen LogP contribution is -2.48. The summed E-state index contributed by atoms with van der Waals surface area (Å²) < 4.78 is 0.768. The Hall–Kier alpha value is 1.62. The zero-order valence-electron chi connectivity index (χ0n) is 7.24. The third-order valence-corrected chi connectivity index (χ3v) is 6.71. The summed E-state index contributed by atoms with van der Waals surface area (Å²) >= 11 is 10.9. The van der Waals surface area contributed by atoms with Crippen LogP contribution in [0.15, 0.2) is 0 Å². The van der Waals surface area contributed by atoms with Crippen molar-refractivity contribution in [1.29, 1.82) is 0 Å². The Balaban J connectivity index is 4.35. The van der Waals surface area contributed by atoms with Crippen LogP contribution in [0, 0.1) is 0 Å². The molecular formula is C6H14Br3NSi. The second-order valence-electron chi connectivity index (χ2n) is 3.06. The van der Waals surface area contributed by atoms with Gasteiger partial charge in [-0.2, -0.15) is 0 Å². The molecule has 0 radical (unpaired) electrons. The average Bonchev–Trinajstić information content (AvgIpc) is 1.54. The summed E-state index contributed by atoms with van der Waals surface area (Å²) in [6, 6.07) is 1.11. The van der Waals surface area contributed by atoms with E-state index in [2.05, 4.69) is 78.1 Å². The summed E-state index contributed by atoms with van der Waals surface area (Å²) in [7, 11) is 0. The van der Waals surface area contributed by atoms with Gasteiger partial charge in [0.05, 0.1) is 0 Å². The molecule has 11 heavy (non-hydrogen) atoms. The molecule has 0 aliphatic rings. The van der Waals surface area contributed by atoms with E-state index in [-0.39, 0.29) is 0 Å². The van der Waals surface area contributed by atoms with Crippen molar-refractivity contribution in [2.75, 3.05) is 0 Å². The van der Waals surface area contributed by atoms with Gasteiger partial charge in [0.1, 0.15) is 0 Å². The number of halogens is 3. The summed E-state index contributed by atoms with van der Waals surface area (Å²) in [5, 5.41) is 0. The molecule has 0 aliphatic carbocycles. The largest absolute Gasteiger partial charge is 0.345 e. The van der Waals surface area contributed by atoms with Crippen molar-refractivity contribution in [2.45, 2.75) is 39.8 Å². The molecule has 0 aliphatic heterocycles. The maximum absolute atomic E-state index is 3.64. The van der Waals surface area contributed by atoms with Gasteiger partial charge in [0.25, 0.3) is 0 Å². The molecule has 0 saturated heterocycles. The third-order valence-electron chi connectivity index (χ3n) is 1.41. The predicted octanol–water partition coefficient (Wildman–Crippen LogP) is 3.73. The van der Waals surface area contributed by atoms with Gasteiger partial charge in [-0.05, 0) is 12.1 Å². The first-order chi connectivity index (χ1) is 4.76. The monoisotopic (exact) mass is 365 g/mol. The number of nitrogens with zero attached hydrogens (tertiary/aromatic N) is 1. The van der Waals surface area contributed by atoms with Crippen LogP contribution in [0.3, 0.4) is 0 Å². The summed E-state index contributed by atoms with van der Waals surface area (Å²) in [5.41, 5.74) is 0. The zero-order valence-corrected chi connectivity index (χ0v) is 13.0. The standard InChI is InChI=1S/C6H14Br3NSi/c1-5(2)10(6(3)4)11(7,8)9/h5-6H,1-4H3. The Morgan fingerprint density at radius 2 is 1.18 bits per heavy atom. The molecule has 0 spiro atoms. The van der Waals surface area contributed by atoms with Crippen molar-refractivity contribution in [2.24, 2.45) is 0 Å². The van der Waals surface area contributed by atoms with E-state index in [4.69, 9.17) is 0 Å². The van der Waals surface area contributed by atoms with Crippen molar-refractivity contribution in [3.63, 3.8) is 0 Å². The molecule has 0 aromatic heterocycles. The van der Waals surface area contributed by atoms with Gasteiger partial charge in [0.15, 0.2) is 0 Å². The van der Waals surface area contributed by atoms with Gasteiger partial charge < -0.3 is 0 Å². The average molecular weight is 368 g/mol. The molecule has 0 rings (SSSR count). The highest BCUT2D eigenvalue weighted by atomic mass is 80.0. The second-order valence-corrected chi connectivity index (χ2v) is 24.4. The fourth-order valence-corrected chi connectivity index (χ4v) is 9.72. The van der Waals surface area contributed by atoms with Crippen LogP contribution in [0.1, 0.15) is 27.7 Å². The lowest BCUT2D eigenvalue weighted by molar-refractivity contribution is 0.315. The molecule has 5 heteroatoms. The number of rotatable bonds is 3. The molecule has 0 heterocycles. The van der Waals surface area contributed by atoms with E-state index >= 15 is 0 Å². The fraction of sp³-hybridized carbons (Fsp3) is 1.00. The maximum atomic E-state index is 3.64. The minimum absolute atomic E-state index is 0.555. The quantitative estimate of drug-likeness (QED) is 0.542. The van der Waals surface area contributed by atoms with Gasteiger partial charge in [-0.25, -0.2) is 0 Å². The van der Waals surface area contributed by atoms with Crippen LogP contribution in [0.4, 0.5) is 0 Å². The van der Waals surface area contributed by atoms with E-state index in [1.165, 1.54) is 0 Å². The normalized spacial score (nSPS) is 13.6. The molecule has 0 unspecified atom stereocenters. The first-order valence-corrected chi connectivity index (χ1v) is 12.3. The maximum Gasteiger partial charge on any atom is 0.345 e. The van der Waals surface area contributed by atoms with E-state index in [1.807, 2.05) is 0 Å². The highest BCUT2D eigenvalue weighted by Gasteiger charge is 2.35. The van der Waals surface area contributed by atoms with E-state index in [1.54, 1.807) is 0 Å². The minimum atomic E-state index is -1.64. The molecule has 0 aromatic rings. The highest BCUT2D eigenvalue weighted by molar-refractivity contribution is 9.71. The Morgan fingerprint density at radius 3 is 1.18 bits per heavy atom. The molecule has 1 nitrogen and oxygen atoms in total. The van der Waals surface area contributed by atoms with Crippen LogP contribution in [0.2, 0.25) is 0 Å². The second kappa shape index (κ2) is 4.74. The van der Waals surface area contributed by atoms with Crippen molar-refractivity contribution in [3.8, 4) is 0 Å². The third kappa shape index (κ3) is 4.41. The number of hydrogen-bond acceptors (Lipinski definition) is 1. The Morgan fingerprint density at radius 1 is 0.909 bits per heavy atom. The highest BCUT2D eigenvalue weighted by Crippen LogP contribution is 2.34. The van der Waals surface area contributed by atoms with E-state index < -0.39 is 4.09 Å². The molecule has 0 N–H and O–H groups in total. The zero-order chi connectivity index (χ0) is 9.23. The van der Waals surface area contributed by atoms with E-state index in [0.717, 1.165) is 0 Å². The Kier molecular flexibility index (Phi) is 5.44. The summed E-state index contributed by atoms with van der Waals surface area (Å²) in [4.78, 5) is 0. The molecule has 0 bridgehead atoms. The molecule has 0 saturated carbocycles. The van der Waals surface area contributed by atoms with Crippen LogP contribution < -0.4 is 0 Å². The van der Waals surface area contributed by atoms with Crippen molar-refractivity contribution in [3.05, 3.63) is 0 Å². The van der Waals surface area contributed by atoms with Gasteiger partial charge >= 0.3 is 4.09 Å². The molecular weight excluding hydrogens is 354 g/mol. The van der Waals surface area contributed by atoms with Crippen molar-refractivity contribution < 1.29 is 0 Å². The first-order valence-electron chi connectivity index (χ1n) is 3.62. The lowest BCUT2D eigenvalue weighted by atomic mass is 10.3. The lowest BCUT2D eigenvalue weighted by Gasteiger charge is -2.36. The van der Waals surface area contributed by atoms with Gasteiger partial charge in [-0.1, -0.05) is 73.6 Å². The SMILES string of the molecule is CC(C)N(C(C)C)[Si](Br)(Br)Br. The summed E-state index contributed by atoms with van der Waals surface area (Å²) in [5.74, 6) is 0. The van der Waals surface area contributed by atoms with Crippen LogP contribution in [0.5, 0.6) is 0 Å². The molecule has 0 aromatic carbocycles. The summed E-state index contributed by atoms with van der Waals surface area (Å²) in [6.07, 6.45) is 0. The van der Waals surface area contributed by atoms with Crippen molar-refractivity contribution >= 4 is 50.0 Å². The van der Waals surface area contributed by atoms with Crippen LogP contribution in [-0.4, -0.2) is 20.7 Å². The smallest absolute Gasteiger partial charge is 0.294 e. The van der Waals surface area contributed by atoms with E-state index in [0.29, 0.717) is 12.1 Å². The predicted molar refractivity (Wildman–Crippen MR) is 64.6 cm³/mol. The van der Waals surface area contributed by atoms with Gasteiger partial charge in [-0.3, -0.25) is 4.57 Å². The van der Waals surface area contributed by atoms with Crippen molar-refractivity contribution in [1.82, 2.24) is 4.57 Å².